The first-order valence-corrected chi connectivity index (χ1v) is 12.0. The van der Waals surface area contributed by atoms with E-state index in [2.05, 4.69) is 54.3 Å². The minimum Gasteiger partial charge on any atom is -0.370 e. The van der Waals surface area contributed by atoms with Crippen molar-refractivity contribution in [1.29, 1.82) is 0 Å². The second-order valence-corrected chi connectivity index (χ2v) is 8.79. The highest BCUT2D eigenvalue weighted by atomic mass is 127. The number of morpholine rings is 1. The Labute approximate surface area is 213 Å². The van der Waals surface area contributed by atoms with E-state index in [0.29, 0.717) is 19.7 Å². The highest BCUT2D eigenvalue weighted by Crippen LogP contribution is 2.26. The van der Waals surface area contributed by atoms with E-state index < -0.39 is 0 Å². The maximum absolute atomic E-state index is 12.5. The van der Waals surface area contributed by atoms with Crippen LogP contribution in [0.15, 0.2) is 28.0 Å². The number of nitrogens with one attached hydrogen (secondary N) is 1. The lowest BCUT2D eigenvalue weighted by Crippen LogP contribution is -2.48. The average Bonchev–Trinajstić information content (AvgIpc) is 3.11. The maximum atomic E-state index is 12.5. The monoisotopic (exact) mass is 568 g/mol. The van der Waals surface area contributed by atoms with Gasteiger partial charge in [-0.15, -0.1) is 24.0 Å². The quantitative estimate of drug-likeness (QED) is 0.251. The molecule has 0 aliphatic carbocycles. The van der Waals surface area contributed by atoms with Gasteiger partial charge in [-0.1, -0.05) is 23.8 Å². The molecule has 0 radical (unpaired) electrons. The Hall–Kier alpha value is -1.88. The molecule has 33 heavy (non-hydrogen) atoms. The fraction of sp³-hybridized carbons (Fsp3) is 0.625. The maximum Gasteiger partial charge on any atom is 0.345 e. The molecule has 1 aromatic carbocycles. The molecule has 1 unspecified atom stereocenters. The third kappa shape index (κ3) is 6.17. The summed E-state index contributed by atoms with van der Waals surface area (Å²) in [4.78, 5) is 19.6. The molecule has 3 heterocycles. The predicted molar refractivity (Wildman–Crippen MR) is 142 cm³/mol. The Bertz CT molecular complexity index is 1010. The van der Waals surface area contributed by atoms with Gasteiger partial charge in [0.25, 0.3) is 0 Å². The van der Waals surface area contributed by atoms with Crippen LogP contribution < -0.4 is 11.0 Å². The Morgan fingerprint density at radius 2 is 2.12 bits per heavy atom. The summed E-state index contributed by atoms with van der Waals surface area (Å²) in [6.07, 6.45) is 3.93. The largest absolute Gasteiger partial charge is 0.370 e. The lowest BCUT2D eigenvalue weighted by molar-refractivity contribution is -0.00833. The predicted octanol–water partition coefficient (Wildman–Crippen LogP) is 3.05. The van der Waals surface area contributed by atoms with E-state index in [1.807, 2.05) is 4.57 Å². The molecular formula is C24H37IN6O2. The molecule has 0 spiro atoms. The van der Waals surface area contributed by atoms with Gasteiger partial charge in [0.1, 0.15) is 11.9 Å². The van der Waals surface area contributed by atoms with Crippen molar-refractivity contribution in [1.82, 2.24) is 24.6 Å². The number of halogens is 1. The number of aryl methyl sites for hydroxylation is 4. The van der Waals surface area contributed by atoms with Gasteiger partial charge < -0.3 is 15.0 Å². The summed E-state index contributed by atoms with van der Waals surface area (Å²) in [6.45, 7) is 11.5. The Morgan fingerprint density at radius 3 is 2.88 bits per heavy atom. The Kier molecular flexibility index (Phi) is 9.37. The summed E-state index contributed by atoms with van der Waals surface area (Å²) in [5.41, 5.74) is 3.82. The molecule has 2 aromatic rings. The molecule has 8 nitrogen and oxygen atoms in total. The second-order valence-electron chi connectivity index (χ2n) is 8.79. The van der Waals surface area contributed by atoms with Crippen molar-refractivity contribution in [3.05, 3.63) is 51.2 Å². The Balaban J connectivity index is 0.00000306. The molecule has 0 bridgehead atoms. The zero-order chi connectivity index (χ0) is 22.5. The SMILES string of the molecule is CCNC(=NCCCn1nc2n(c1=O)CCCC2)N1CCOC(c2ccc(C)cc2C)C1.I. The molecule has 1 fully saturated rings. The van der Waals surface area contributed by atoms with Crippen molar-refractivity contribution in [3.8, 4) is 0 Å². The average molecular weight is 569 g/mol. The van der Waals surface area contributed by atoms with Crippen LogP contribution in [0, 0.1) is 13.8 Å². The van der Waals surface area contributed by atoms with Gasteiger partial charge in [-0.05, 0) is 51.2 Å². The van der Waals surface area contributed by atoms with E-state index in [0.717, 1.165) is 63.6 Å². The van der Waals surface area contributed by atoms with Crippen LogP contribution >= 0.6 is 24.0 Å². The minimum absolute atomic E-state index is 0. The molecule has 1 N–H and O–H groups in total. The van der Waals surface area contributed by atoms with Crippen LogP contribution in [0.1, 0.15) is 54.8 Å². The van der Waals surface area contributed by atoms with E-state index in [9.17, 15) is 4.79 Å². The number of benzene rings is 1. The van der Waals surface area contributed by atoms with Crippen molar-refractivity contribution in [3.63, 3.8) is 0 Å². The smallest absolute Gasteiger partial charge is 0.345 e. The summed E-state index contributed by atoms with van der Waals surface area (Å²) < 4.78 is 9.56. The Morgan fingerprint density at radius 1 is 1.27 bits per heavy atom. The molecule has 1 saturated heterocycles. The first kappa shape index (κ1) is 25.7. The lowest BCUT2D eigenvalue weighted by atomic mass is 10.00. The van der Waals surface area contributed by atoms with E-state index >= 15 is 0 Å². The summed E-state index contributed by atoms with van der Waals surface area (Å²) in [7, 11) is 0. The number of rotatable bonds is 6. The van der Waals surface area contributed by atoms with Gasteiger partial charge in [0, 0.05) is 39.1 Å². The molecule has 9 heteroatoms. The first-order chi connectivity index (χ1) is 15.6. The van der Waals surface area contributed by atoms with E-state index in [4.69, 9.17) is 9.73 Å². The van der Waals surface area contributed by atoms with Gasteiger partial charge in [0.05, 0.1) is 13.2 Å². The van der Waals surface area contributed by atoms with Gasteiger partial charge in [0.15, 0.2) is 5.96 Å². The summed E-state index contributed by atoms with van der Waals surface area (Å²) in [5, 5.41) is 7.96. The van der Waals surface area contributed by atoms with E-state index in [1.54, 1.807) is 4.68 Å². The van der Waals surface area contributed by atoms with Gasteiger partial charge in [-0.3, -0.25) is 9.56 Å². The van der Waals surface area contributed by atoms with E-state index in [1.165, 1.54) is 16.7 Å². The van der Waals surface area contributed by atoms with Crippen LogP contribution in [0.4, 0.5) is 0 Å². The molecule has 2 aliphatic rings. The molecule has 1 aromatic heterocycles. The van der Waals surface area contributed by atoms with Gasteiger partial charge >= 0.3 is 5.69 Å². The number of aromatic nitrogens is 3. The third-order valence-electron chi connectivity index (χ3n) is 6.29. The fourth-order valence-corrected chi connectivity index (χ4v) is 4.64. The summed E-state index contributed by atoms with van der Waals surface area (Å²) in [5.74, 6) is 1.85. The van der Waals surface area contributed by atoms with Crippen LogP contribution in [-0.2, 0) is 24.2 Å². The van der Waals surface area contributed by atoms with Crippen molar-refractivity contribution >= 4 is 29.9 Å². The van der Waals surface area contributed by atoms with Crippen LogP contribution in [-0.4, -0.2) is 58.0 Å². The van der Waals surface area contributed by atoms with Gasteiger partial charge in [-0.2, -0.15) is 5.10 Å². The molecule has 1 atom stereocenters. The minimum atomic E-state index is 0. The van der Waals surface area contributed by atoms with Crippen molar-refractivity contribution in [2.24, 2.45) is 4.99 Å². The van der Waals surface area contributed by atoms with Crippen LogP contribution in [0.25, 0.3) is 0 Å². The lowest BCUT2D eigenvalue weighted by Gasteiger charge is -2.36. The highest BCUT2D eigenvalue weighted by Gasteiger charge is 2.25. The highest BCUT2D eigenvalue weighted by molar-refractivity contribution is 14.0. The summed E-state index contributed by atoms with van der Waals surface area (Å²) >= 11 is 0. The number of hydrogen-bond donors (Lipinski definition) is 1. The van der Waals surface area contributed by atoms with Crippen molar-refractivity contribution in [2.75, 3.05) is 32.8 Å². The molecule has 2 aliphatic heterocycles. The third-order valence-corrected chi connectivity index (χ3v) is 6.29. The number of hydrogen-bond acceptors (Lipinski definition) is 4. The van der Waals surface area contributed by atoms with Crippen LogP contribution in [0.3, 0.4) is 0 Å². The number of ether oxygens (including phenoxy) is 1. The normalized spacial score (nSPS) is 18.6. The fourth-order valence-electron chi connectivity index (χ4n) is 4.64. The standard InChI is InChI=1S/C24H36N6O2.HI/c1-4-25-23(26-11-7-13-30-24(31)29-12-6-5-8-22(29)27-30)28-14-15-32-21(17-28)20-10-9-18(2)16-19(20)3;/h9-10,16,21H,4-8,11-15,17H2,1-3H3,(H,25,26);1H. The molecule has 0 saturated carbocycles. The zero-order valence-electron chi connectivity index (χ0n) is 20.0. The molecule has 4 rings (SSSR count). The number of fused-ring (bicyclic) bond motifs is 1. The van der Waals surface area contributed by atoms with Crippen LogP contribution in [0.5, 0.6) is 0 Å². The second kappa shape index (κ2) is 12.0. The number of aliphatic imine (C=N–C) groups is 1. The van der Waals surface area contributed by atoms with E-state index in [-0.39, 0.29) is 35.8 Å². The van der Waals surface area contributed by atoms with Gasteiger partial charge in [0.2, 0.25) is 0 Å². The van der Waals surface area contributed by atoms with Crippen molar-refractivity contribution < 1.29 is 4.74 Å². The topological polar surface area (TPSA) is 76.7 Å². The first-order valence-electron chi connectivity index (χ1n) is 12.0. The summed E-state index contributed by atoms with van der Waals surface area (Å²) in [6, 6.07) is 6.55. The molecular weight excluding hydrogens is 531 g/mol. The van der Waals surface area contributed by atoms with Crippen LogP contribution in [0.2, 0.25) is 0 Å². The number of guanidine groups is 1. The van der Waals surface area contributed by atoms with Crippen molar-refractivity contribution in [2.45, 2.75) is 65.6 Å². The molecule has 0 amide bonds. The number of nitrogens with zero attached hydrogens (tertiary/aromatic N) is 5. The molecule has 182 valence electrons. The zero-order valence-corrected chi connectivity index (χ0v) is 22.4. The van der Waals surface area contributed by atoms with Gasteiger partial charge in [-0.25, -0.2) is 9.48 Å².